The van der Waals surface area contributed by atoms with E-state index in [0.29, 0.717) is 0 Å². The summed E-state index contributed by atoms with van der Waals surface area (Å²) < 4.78 is 4.73. The molecule has 2 unspecified atom stereocenters. The molecule has 1 aliphatic heterocycles. The van der Waals surface area contributed by atoms with Gasteiger partial charge in [-0.2, -0.15) is 0 Å². The smallest absolute Gasteiger partial charge is 0.396 e. The zero-order chi connectivity index (χ0) is 15.2. The van der Waals surface area contributed by atoms with Gasteiger partial charge in [-0.3, -0.25) is 9.69 Å². The normalized spacial score (nSPS) is 22.6. The van der Waals surface area contributed by atoms with Gasteiger partial charge in [0.2, 0.25) is 0 Å². The molecule has 0 bridgehead atoms. The van der Waals surface area contributed by atoms with Crippen LogP contribution in [-0.2, 0) is 14.3 Å². The number of piperazine rings is 1. The molecule has 1 aromatic carbocycles. The van der Waals surface area contributed by atoms with Gasteiger partial charge in [-0.1, -0.05) is 30.3 Å². The molecule has 2 atom stereocenters. The van der Waals surface area contributed by atoms with Crippen molar-refractivity contribution in [2.75, 3.05) is 26.7 Å². The molecule has 1 saturated heterocycles. The number of nitrogens with zero attached hydrogens (tertiary/aromatic N) is 1. The van der Waals surface area contributed by atoms with Crippen molar-refractivity contribution in [2.24, 2.45) is 0 Å². The van der Waals surface area contributed by atoms with Crippen LogP contribution in [-0.4, -0.2) is 49.7 Å². The highest BCUT2D eigenvalue weighted by Crippen LogP contribution is 2.21. The highest BCUT2D eigenvalue weighted by Gasteiger charge is 2.32. The van der Waals surface area contributed by atoms with Crippen LogP contribution in [0.1, 0.15) is 18.5 Å². The summed E-state index contributed by atoms with van der Waals surface area (Å²) >= 11 is 0. The number of benzene rings is 1. The lowest BCUT2D eigenvalue weighted by molar-refractivity contribution is -0.155. The zero-order valence-electron chi connectivity index (χ0n) is 12.3. The molecule has 6 nitrogen and oxygen atoms in total. The molecule has 0 aliphatic carbocycles. The molecule has 6 heteroatoms. The Morgan fingerprint density at radius 2 is 2.10 bits per heavy atom. The highest BCUT2D eigenvalue weighted by atomic mass is 16.5. The second-order valence-electron chi connectivity index (χ2n) is 4.96. The van der Waals surface area contributed by atoms with Crippen LogP contribution in [0.3, 0.4) is 0 Å². The molecule has 1 heterocycles. The Kier molecular flexibility index (Phi) is 5.30. The topological polar surface area (TPSA) is 70.7 Å². The second-order valence-corrected chi connectivity index (χ2v) is 4.96. The summed E-state index contributed by atoms with van der Waals surface area (Å²) in [4.78, 5) is 25.4. The molecule has 1 aliphatic rings. The predicted molar refractivity (Wildman–Crippen MR) is 78.4 cm³/mol. The molecule has 114 valence electrons. The van der Waals surface area contributed by atoms with Gasteiger partial charge < -0.3 is 15.4 Å². The van der Waals surface area contributed by atoms with Crippen LogP contribution >= 0.6 is 0 Å². The van der Waals surface area contributed by atoms with Crippen molar-refractivity contribution in [1.29, 1.82) is 0 Å². The van der Waals surface area contributed by atoms with Gasteiger partial charge in [-0.05, 0) is 19.5 Å². The highest BCUT2D eigenvalue weighted by molar-refractivity contribution is 6.32. The number of hydrogen-bond acceptors (Lipinski definition) is 5. The van der Waals surface area contributed by atoms with Crippen molar-refractivity contribution in [3.8, 4) is 0 Å². The summed E-state index contributed by atoms with van der Waals surface area (Å²) in [6.07, 6.45) is -0.293. The summed E-state index contributed by atoms with van der Waals surface area (Å²) in [6.45, 7) is 3.47. The SMILES string of the molecule is CCOC(=O)C(=O)NC1C(c2ccccc2)NCCN1C. The first-order chi connectivity index (χ1) is 10.1. The van der Waals surface area contributed by atoms with Gasteiger partial charge in [0.25, 0.3) is 0 Å². The number of carbonyl (C=O) groups excluding carboxylic acids is 2. The number of likely N-dealkylation sites (N-methyl/N-ethyl adjacent to an activating group) is 1. The molecular formula is C15H21N3O3. The number of carbonyl (C=O) groups is 2. The van der Waals surface area contributed by atoms with E-state index in [-0.39, 0.29) is 18.8 Å². The van der Waals surface area contributed by atoms with E-state index in [1.807, 2.05) is 42.3 Å². The number of hydrogen-bond donors (Lipinski definition) is 2. The molecule has 1 amide bonds. The summed E-state index contributed by atoms with van der Waals surface area (Å²) in [5.41, 5.74) is 1.07. The monoisotopic (exact) mass is 291 g/mol. The molecular weight excluding hydrogens is 270 g/mol. The molecule has 0 aromatic heterocycles. The van der Waals surface area contributed by atoms with Crippen molar-refractivity contribution in [3.63, 3.8) is 0 Å². The Balaban J connectivity index is 2.12. The second kappa shape index (κ2) is 7.19. The first-order valence-corrected chi connectivity index (χ1v) is 7.09. The van der Waals surface area contributed by atoms with E-state index in [4.69, 9.17) is 4.74 Å². The molecule has 0 radical (unpaired) electrons. The molecule has 0 saturated carbocycles. The average molecular weight is 291 g/mol. The van der Waals surface area contributed by atoms with Crippen molar-refractivity contribution in [3.05, 3.63) is 35.9 Å². The van der Waals surface area contributed by atoms with Crippen LogP contribution < -0.4 is 10.6 Å². The lowest BCUT2D eigenvalue weighted by Gasteiger charge is -2.40. The summed E-state index contributed by atoms with van der Waals surface area (Å²) in [6, 6.07) is 9.79. The Labute approximate surface area is 124 Å². The van der Waals surface area contributed by atoms with Gasteiger partial charge in [-0.25, -0.2) is 4.79 Å². The van der Waals surface area contributed by atoms with Crippen molar-refractivity contribution < 1.29 is 14.3 Å². The summed E-state index contributed by atoms with van der Waals surface area (Å²) in [5.74, 6) is -1.55. The maximum Gasteiger partial charge on any atom is 0.396 e. The fourth-order valence-corrected chi connectivity index (χ4v) is 2.45. The van der Waals surface area contributed by atoms with E-state index >= 15 is 0 Å². The predicted octanol–water partition coefficient (Wildman–Crippen LogP) is 0.268. The van der Waals surface area contributed by atoms with Crippen molar-refractivity contribution in [2.45, 2.75) is 19.1 Å². The fraction of sp³-hybridized carbons (Fsp3) is 0.467. The van der Waals surface area contributed by atoms with Crippen LogP contribution in [0.25, 0.3) is 0 Å². The minimum atomic E-state index is -0.844. The third kappa shape index (κ3) is 3.80. The summed E-state index contributed by atoms with van der Waals surface area (Å²) in [7, 11) is 1.92. The first-order valence-electron chi connectivity index (χ1n) is 7.09. The largest absolute Gasteiger partial charge is 0.459 e. The van der Waals surface area contributed by atoms with Gasteiger partial charge in [0, 0.05) is 13.1 Å². The lowest BCUT2D eigenvalue weighted by Crippen LogP contribution is -2.60. The molecule has 1 aromatic rings. The maximum absolute atomic E-state index is 11.9. The van der Waals surface area contributed by atoms with Gasteiger partial charge in [0.15, 0.2) is 0 Å². The average Bonchev–Trinajstić information content (AvgIpc) is 2.50. The zero-order valence-corrected chi connectivity index (χ0v) is 12.3. The first kappa shape index (κ1) is 15.5. The Hall–Kier alpha value is -1.92. The van der Waals surface area contributed by atoms with E-state index in [9.17, 15) is 9.59 Å². The number of rotatable bonds is 3. The van der Waals surface area contributed by atoms with Crippen molar-refractivity contribution in [1.82, 2.24) is 15.5 Å². The molecule has 21 heavy (non-hydrogen) atoms. The fourth-order valence-electron chi connectivity index (χ4n) is 2.45. The Morgan fingerprint density at radius 3 is 2.76 bits per heavy atom. The maximum atomic E-state index is 11.9. The minimum absolute atomic E-state index is 0.0664. The van der Waals surface area contributed by atoms with Crippen LogP contribution in [0, 0.1) is 0 Å². The number of nitrogens with one attached hydrogen (secondary N) is 2. The van der Waals surface area contributed by atoms with E-state index in [2.05, 4.69) is 10.6 Å². The number of esters is 1. The number of amides is 1. The Morgan fingerprint density at radius 1 is 1.38 bits per heavy atom. The standard InChI is InChI=1S/C15H21N3O3/c1-3-21-15(20)14(19)17-13-12(16-9-10-18(13)2)11-7-5-4-6-8-11/h4-8,12-13,16H,3,9-10H2,1-2H3,(H,17,19). The molecule has 2 rings (SSSR count). The van der Waals surface area contributed by atoms with E-state index in [0.717, 1.165) is 18.7 Å². The van der Waals surface area contributed by atoms with Crippen LogP contribution in [0.4, 0.5) is 0 Å². The van der Waals surface area contributed by atoms with Gasteiger partial charge in [-0.15, -0.1) is 0 Å². The van der Waals surface area contributed by atoms with Crippen LogP contribution in [0.2, 0.25) is 0 Å². The minimum Gasteiger partial charge on any atom is -0.459 e. The van der Waals surface area contributed by atoms with Gasteiger partial charge >= 0.3 is 11.9 Å². The Bertz CT molecular complexity index is 492. The van der Waals surface area contributed by atoms with Crippen LogP contribution in [0.15, 0.2) is 30.3 Å². The third-order valence-corrected chi connectivity index (χ3v) is 3.52. The molecule has 2 N–H and O–H groups in total. The van der Waals surface area contributed by atoms with E-state index in [1.54, 1.807) is 6.92 Å². The quantitative estimate of drug-likeness (QED) is 0.618. The van der Waals surface area contributed by atoms with Crippen LogP contribution in [0.5, 0.6) is 0 Å². The van der Waals surface area contributed by atoms with Gasteiger partial charge in [0.1, 0.15) is 6.17 Å². The van der Waals surface area contributed by atoms with E-state index < -0.39 is 11.9 Å². The van der Waals surface area contributed by atoms with E-state index in [1.165, 1.54) is 0 Å². The molecule has 0 spiro atoms. The lowest BCUT2D eigenvalue weighted by atomic mass is 10.0. The van der Waals surface area contributed by atoms with Crippen molar-refractivity contribution >= 4 is 11.9 Å². The number of ether oxygens (including phenoxy) is 1. The molecule has 1 fully saturated rings. The third-order valence-electron chi connectivity index (χ3n) is 3.52. The van der Waals surface area contributed by atoms with Gasteiger partial charge in [0.05, 0.1) is 12.6 Å². The summed E-state index contributed by atoms with van der Waals surface area (Å²) in [5, 5.41) is 6.14.